The number of nitrogens with one attached hydrogen (secondary N) is 1. The summed E-state index contributed by atoms with van der Waals surface area (Å²) in [5, 5.41) is 12.2. The molecule has 1 N–H and O–H groups in total. The summed E-state index contributed by atoms with van der Waals surface area (Å²) in [6, 6.07) is 5.21. The van der Waals surface area contributed by atoms with E-state index >= 15 is 0 Å². The van der Waals surface area contributed by atoms with Crippen molar-refractivity contribution in [1.29, 1.82) is 0 Å². The number of hydrogen-bond acceptors (Lipinski definition) is 4. The van der Waals surface area contributed by atoms with Crippen molar-refractivity contribution in [3.8, 4) is 11.5 Å². The van der Waals surface area contributed by atoms with Crippen molar-refractivity contribution >= 4 is 23.2 Å². The Morgan fingerprint density at radius 1 is 1.33 bits per heavy atom. The van der Waals surface area contributed by atoms with Crippen LogP contribution in [-0.4, -0.2) is 17.2 Å². The molecular weight excluding hydrogens is 273 g/mol. The maximum atomic E-state index is 6.09. The number of hydrogen-bond donors (Lipinski definition) is 1. The van der Waals surface area contributed by atoms with Gasteiger partial charge in [0.2, 0.25) is 11.8 Å². The van der Waals surface area contributed by atoms with Gasteiger partial charge in [0.15, 0.2) is 0 Å². The predicted octanol–water partition coefficient (Wildman–Crippen LogP) is 3.71. The standard InChI is InChI=1S/C12H13Cl2N3O/c1-3-10(15-2)12-17-16-11(18-12)8-5-4-7(13)6-9(8)14/h4-6,10,15H,3H2,1-2H3. The first kappa shape index (κ1) is 13.3. The molecular formula is C12H13Cl2N3O. The monoisotopic (exact) mass is 285 g/mol. The SMILES string of the molecule is CCC(NC)c1nnc(-c2ccc(Cl)cc2Cl)o1. The zero-order valence-corrected chi connectivity index (χ0v) is 11.6. The van der Waals surface area contributed by atoms with Crippen LogP contribution in [0.5, 0.6) is 0 Å². The average Bonchev–Trinajstić information content (AvgIpc) is 2.80. The smallest absolute Gasteiger partial charge is 0.249 e. The lowest BCUT2D eigenvalue weighted by molar-refractivity contribution is 0.415. The second kappa shape index (κ2) is 5.69. The van der Waals surface area contributed by atoms with Crippen LogP contribution in [0.1, 0.15) is 25.3 Å². The largest absolute Gasteiger partial charge is 0.419 e. The fourth-order valence-corrected chi connectivity index (χ4v) is 2.14. The first-order valence-electron chi connectivity index (χ1n) is 5.61. The normalized spacial score (nSPS) is 12.7. The van der Waals surface area contributed by atoms with Crippen molar-refractivity contribution in [3.05, 3.63) is 34.1 Å². The quantitative estimate of drug-likeness (QED) is 0.930. The zero-order chi connectivity index (χ0) is 13.1. The highest BCUT2D eigenvalue weighted by Gasteiger charge is 2.17. The van der Waals surface area contributed by atoms with Gasteiger partial charge in [0, 0.05) is 5.02 Å². The van der Waals surface area contributed by atoms with E-state index in [0.29, 0.717) is 27.4 Å². The zero-order valence-electron chi connectivity index (χ0n) is 10.1. The van der Waals surface area contributed by atoms with Crippen LogP contribution in [0.3, 0.4) is 0 Å². The molecule has 0 aliphatic rings. The molecule has 18 heavy (non-hydrogen) atoms. The third kappa shape index (κ3) is 2.66. The third-order valence-electron chi connectivity index (χ3n) is 2.66. The lowest BCUT2D eigenvalue weighted by atomic mass is 10.2. The second-order valence-corrected chi connectivity index (χ2v) is 4.66. The maximum Gasteiger partial charge on any atom is 0.249 e. The summed E-state index contributed by atoms with van der Waals surface area (Å²) in [5.74, 6) is 0.960. The topological polar surface area (TPSA) is 51.0 Å². The van der Waals surface area contributed by atoms with Gasteiger partial charge in [0.05, 0.1) is 16.6 Å². The average molecular weight is 286 g/mol. The Kier molecular flexibility index (Phi) is 4.22. The summed E-state index contributed by atoms with van der Waals surface area (Å²) in [6.45, 7) is 2.04. The van der Waals surface area contributed by atoms with Gasteiger partial charge in [-0.25, -0.2) is 0 Å². The van der Waals surface area contributed by atoms with Gasteiger partial charge in [-0.1, -0.05) is 30.1 Å². The van der Waals surface area contributed by atoms with Crippen LogP contribution in [0.2, 0.25) is 10.0 Å². The molecule has 4 nitrogen and oxygen atoms in total. The number of benzene rings is 1. The minimum Gasteiger partial charge on any atom is -0.419 e. The molecule has 1 aromatic carbocycles. The maximum absolute atomic E-state index is 6.09. The van der Waals surface area contributed by atoms with E-state index in [2.05, 4.69) is 15.5 Å². The van der Waals surface area contributed by atoms with Crippen molar-refractivity contribution in [2.45, 2.75) is 19.4 Å². The van der Waals surface area contributed by atoms with E-state index < -0.39 is 0 Å². The molecule has 2 rings (SSSR count). The van der Waals surface area contributed by atoms with Gasteiger partial charge < -0.3 is 9.73 Å². The van der Waals surface area contributed by atoms with E-state index in [9.17, 15) is 0 Å². The van der Waals surface area contributed by atoms with Crippen LogP contribution in [0.4, 0.5) is 0 Å². The molecule has 0 spiro atoms. The molecule has 0 radical (unpaired) electrons. The van der Waals surface area contributed by atoms with Crippen molar-refractivity contribution in [3.63, 3.8) is 0 Å². The minimum atomic E-state index is 0.0531. The number of nitrogens with zero attached hydrogens (tertiary/aromatic N) is 2. The lowest BCUT2D eigenvalue weighted by Gasteiger charge is -2.07. The molecule has 1 unspecified atom stereocenters. The van der Waals surface area contributed by atoms with Crippen LogP contribution >= 0.6 is 23.2 Å². The Hall–Kier alpha value is -1.10. The van der Waals surface area contributed by atoms with Gasteiger partial charge >= 0.3 is 0 Å². The highest BCUT2D eigenvalue weighted by atomic mass is 35.5. The second-order valence-electron chi connectivity index (χ2n) is 3.82. The molecule has 1 heterocycles. The summed E-state index contributed by atoms with van der Waals surface area (Å²) in [7, 11) is 1.85. The van der Waals surface area contributed by atoms with Gasteiger partial charge in [-0.15, -0.1) is 10.2 Å². The molecule has 6 heteroatoms. The Morgan fingerprint density at radius 2 is 2.11 bits per heavy atom. The molecule has 0 fully saturated rings. The highest BCUT2D eigenvalue weighted by molar-refractivity contribution is 6.36. The van der Waals surface area contributed by atoms with Gasteiger partial charge in [-0.3, -0.25) is 0 Å². The summed E-state index contributed by atoms with van der Waals surface area (Å²) in [5.41, 5.74) is 0.686. The fraction of sp³-hybridized carbons (Fsp3) is 0.333. The molecule has 0 aliphatic heterocycles. The van der Waals surface area contributed by atoms with Crippen molar-refractivity contribution in [1.82, 2.24) is 15.5 Å². The van der Waals surface area contributed by atoms with E-state index in [4.69, 9.17) is 27.6 Å². The molecule has 0 saturated heterocycles. The molecule has 0 saturated carbocycles. The Morgan fingerprint density at radius 3 is 2.72 bits per heavy atom. The Balaban J connectivity index is 2.34. The minimum absolute atomic E-state index is 0.0531. The fourth-order valence-electron chi connectivity index (χ4n) is 1.65. The van der Waals surface area contributed by atoms with Crippen LogP contribution < -0.4 is 5.32 Å². The van der Waals surface area contributed by atoms with Crippen molar-refractivity contribution in [2.75, 3.05) is 7.05 Å². The van der Waals surface area contributed by atoms with E-state index in [0.717, 1.165) is 6.42 Å². The first-order valence-corrected chi connectivity index (χ1v) is 6.37. The van der Waals surface area contributed by atoms with E-state index in [1.54, 1.807) is 18.2 Å². The molecule has 0 bridgehead atoms. The van der Waals surface area contributed by atoms with Gasteiger partial charge in [0.25, 0.3) is 0 Å². The summed E-state index contributed by atoms with van der Waals surface area (Å²) in [6.07, 6.45) is 0.868. The Labute approximate surface area is 115 Å². The molecule has 0 aliphatic carbocycles. The highest BCUT2D eigenvalue weighted by Crippen LogP contribution is 2.30. The number of aromatic nitrogens is 2. The van der Waals surface area contributed by atoms with Gasteiger partial charge in [-0.2, -0.15) is 0 Å². The van der Waals surface area contributed by atoms with Crippen LogP contribution in [0.25, 0.3) is 11.5 Å². The summed E-state index contributed by atoms with van der Waals surface area (Å²) < 4.78 is 5.62. The van der Waals surface area contributed by atoms with Crippen molar-refractivity contribution in [2.24, 2.45) is 0 Å². The van der Waals surface area contributed by atoms with Crippen molar-refractivity contribution < 1.29 is 4.42 Å². The first-order chi connectivity index (χ1) is 8.65. The molecule has 1 aromatic heterocycles. The summed E-state index contributed by atoms with van der Waals surface area (Å²) >= 11 is 11.9. The molecule has 2 aromatic rings. The van der Waals surface area contributed by atoms with E-state index in [1.165, 1.54) is 0 Å². The van der Waals surface area contributed by atoms with Gasteiger partial charge in [0.1, 0.15) is 0 Å². The molecule has 1 atom stereocenters. The summed E-state index contributed by atoms with van der Waals surface area (Å²) in [4.78, 5) is 0. The van der Waals surface area contributed by atoms with E-state index in [-0.39, 0.29) is 6.04 Å². The third-order valence-corrected chi connectivity index (χ3v) is 3.20. The molecule has 96 valence electrons. The van der Waals surface area contributed by atoms with E-state index in [1.807, 2.05) is 14.0 Å². The van der Waals surface area contributed by atoms with Crippen LogP contribution in [-0.2, 0) is 0 Å². The van der Waals surface area contributed by atoms with Gasteiger partial charge in [-0.05, 0) is 31.7 Å². The number of halogens is 2. The van der Waals surface area contributed by atoms with Crippen LogP contribution in [0, 0.1) is 0 Å². The van der Waals surface area contributed by atoms with Crippen LogP contribution in [0.15, 0.2) is 22.6 Å². The molecule has 0 amide bonds. The lowest BCUT2D eigenvalue weighted by Crippen LogP contribution is -2.15. The predicted molar refractivity (Wildman–Crippen MR) is 71.8 cm³/mol. The Bertz CT molecular complexity index is 538. The number of rotatable bonds is 4.